The van der Waals surface area contributed by atoms with Gasteiger partial charge >= 0.3 is 6.55 Å². The number of benzene rings is 2. The average molecular weight is 504 g/mol. The summed E-state index contributed by atoms with van der Waals surface area (Å²) in [6.07, 6.45) is 5.57. The highest BCUT2D eigenvalue weighted by atomic mass is 19.3. The highest BCUT2D eigenvalue weighted by Gasteiger charge is 2.47. The second-order valence-corrected chi connectivity index (χ2v) is 9.82. The number of halogens is 2. The lowest BCUT2D eigenvalue weighted by Crippen LogP contribution is -2.46. The Bertz CT molecular complexity index is 1480. The summed E-state index contributed by atoms with van der Waals surface area (Å²) < 4.78 is 32.8. The lowest BCUT2D eigenvalue weighted by Gasteiger charge is -2.27. The van der Waals surface area contributed by atoms with Crippen molar-refractivity contribution >= 4 is 16.8 Å². The Morgan fingerprint density at radius 3 is 2.78 bits per heavy atom. The number of nitrogens with zero attached hydrogens (tertiary/aromatic N) is 3. The van der Waals surface area contributed by atoms with Gasteiger partial charge in [0.05, 0.1) is 16.7 Å². The molecule has 1 aliphatic carbocycles. The zero-order valence-electron chi connectivity index (χ0n) is 20.4. The van der Waals surface area contributed by atoms with Crippen LogP contribution in [0.25, 0.3) is 22.2 Å². The fourth-order valence-electron chi connectivity index (χ4n) is 4.82. The van der Waals surface area contributed by atoms with Crippen LogP contribution in [-0.4, -0.2) is 39.9 Å². The molecule has 190 valence electrons. The first-order valence-corrected chi connectivity index (χ1v) is 12.4. The number of aryl methyl sites for hydroxylation is 1. The van der Waals surface area contributed by atoms with E-state index in [4.69, 9.17) is 4.74 Å². The molecule has 37 heavy (non-hydrogen) atoms. The molecule has 7 nitrogen and oxygen atoms in total. The smallest absolute Gasteiger partial charge is 0.333 e. The number of rotatable bonds is 8. The number of hydrogen-bond donors (Lipinski definition) is 2. The minimum Gasteiger partial charge on any atom is -0.492 e. The molecule has 2 N–H and O–H groups in total. The molecule has 4 aromatic rings. The van der Waals surface area contributed by atoms with Crippen molar-refractivity contribution in [3.63, 3.8) is 0 Å². The van der Waals surface area contributed by atoms with Gasteiger partial charge in [0.2, 0.25) is 0 Å². The van der Waals surface area contributed by atoms with Gasteiger partial charge in [0.1, 0.15) is 12.4 Å². The molecular weight excluding hydrogens is 476 g/mol. The topological polar surface area (TPSA) is 81.1 Å². The summed E-state index contributed by atoms with van der Waals surface area (Å²) in [5.74, 6) is 0.493. The molecular formula is C28H27F2N5O2. The third-order valence-electron chi connectivity index (χ3n) is 7.27. The van der Waals surface area contributed by atoms with Gasteiger partial charge in [0.15, 0.2) is 0 Å². The number of pyridine rings is 1. The van der Waals surface area contributed by atoms with E-state index >= 15 is 0 Å². The summed E-state index contributed by atoms with van der Waals surface area (Å²) in [7, 11) is 0. The maximum Gasteiger partial charge on any atom is 0.333 e. The lowest BCUT2D eigenvalue weighted by atomic mass is 9.95. The first kappa shape index (κ1) is 23.5. The Balaban J connectivity index is 1.31. The lowest BCUT2D eigenvalue weighted by molar-refractivity contribution is 0.0568. The second-order valence-electron chi connectivity index (χ2n) is 9.82. The van der Waals surface area contributed by atoms with Gasteiger partial charge in [-0.2, -0.15) is 13.9 Å². The van der Waals surface area contributed by atoms with Gasteiger partial charge in [-0.05, 0) is 80.3 Å². The van der Waals surface area contributed by atoms with Crippen LogP contribution >= 0.6 is 0 Å². The quantitative estimate of drug-likeness (QED) is 0.355. The Morgan fingerprint density at radius 2 is 2.08 bits per heavy atom. The van der Waals surface area contributed by atoms with E-state index in [1.54, 1.807) is 18.3 Å². The number of carbonyl (C=O) groups is 1. The van der Waals surface area contributed by atoms with E-state index < -0.39 is 12.1 Å². The van der Waals surface area contributed by atoms with Crippen molar-refractivity contribution in [3.05, 3.63) is 77.6 Å². The molecule has 1 atom stereocenters. The van der Waals surface area contributed by atoms with Crippen LogP contribution in [0.4, 0.5) is 8.78 Å². The SMILES string of the molecule is Cc1ccc(OC[C@@H]2CCN2)cc1C(=O)NC1(c2cc(-c3ccn(C(F)F)n3)cc3ncccc23)CC1. The van der Waals surface area contributed by atoms with E-state index in [0.29, 0.717) is 39.9 Å². The Labute approximate surface area is 212 Å². The zero-order chi connectivity index (χ0) is 25.6. The van der Waals surface area contributed by atoms with Gasteiger partial charge in [-0.25, -0.2) is 4.68 Å². The van der Waals surface area contributed by atoms with Crippen LogP contribution < -0.4 is 15.4 Å². The Morgan fingerprint density at radius 1 is 1.24 bits per heavy atom. The maximum atomic E-state index is 13.5. The molecule has 3 heterocycles. The normalized spacial score (nSPS) is 18.0. The van der Waals surface area contributed by atoms with Crippen molar-refractivity contribution < 1.29 is 18.3 Å². The van der Waals surface area contributed by atoms with Crippen LogP contribution in [0, 0.1) is 6.92 Å². The van der Waals surface area contributed by atoms with Gasteiger partial charge in [-0.3, -0.25) is 9.78 Å². The van der Waals surface area contributed by atoms with Gasteiger partial charge in [0.25, 0.3) is 5.91 Å². The van der Waals surface area contributed by atoms with E-state index in [-0.39, 0.29) is 5.91 Å². The van der Waals surface area contributed by atoms with Crippen LogP contribution in [-0.2, 0) is 5.54 Å². The van der Waals surface area contributed by atoms with Gasteiger partial charge in [-0.1, -0.05) is 12.1 Å². The van der Waals surface area contributed by atoms with Crippen molar-refractivity contribution in [2.75, 3.05) is 13.2 Å². The predicted octanol–water partition coefficient (Wildman–Crippen LogP) is 4.96. The Hall–Kier alpha value is -3.85. The fraction of sp³-hybridized carbons (Fsp3) is 0.321. The largest absolute Gasteiger partial charge is 0.492 e. The monoisotopic (exact) mass is 503 g/mol. The van der Waals surface area contributed by atoms with Crippen molar-refractivity contribution in [1.29, 1.82) is 0 Å². The summed E-state index contributed by atoms with van der Waals surface area (Å²) in [5.41, 5.74) is 3.60. The number of fused-ring (bicyclic) bond motifs is 1. The van der Waals surface area contributed by atoms with E-state index in [1.807, 2.05) is 43.3 Å². The molecule has 0 unspecified atom stereocenters. The number of aromatic nitrogens is 3. The molecule has 0 spiro atoms. The Kier molecular flexibility index (Phi) is 5.87. The molecule has 6 rings (SSSR count). The zero-order valence-corrected chi connectivity index (χ0v) is 20.4. The molecule has 0 bridgehead atoms. The van der Waals surface area contributed by atoms with E-state index in [9.17, 15) is 13.6 Å². The average Bonchev–Trinajstić information content (AvgIpc) is 3.46. The molecule has 1 amide bonds. The number of alkyl halides is 2. The highest BCUT2D eigenvalue weighted by molar-refractivity contribution is 5.98. The number of nitrogens with one attached hydrogen (secondary N) is 2. The second kappa shape index (κ2) is 9.23. The molecule has 2 fully saturated rings. The highest BCUT2D eigenvalue weighted by Crippen LogP contribution is 2.49. The van der Waals surface area contributed by atoms with Crippen molar-refractivity contribution in [2.45, 2.75) is 44.3 Å². The molecule has 2 aromatic carbocycles. The van der Waals surface area contributed by atoms with E-state index in [2.05, 4.69) is 20.7 Å². The van der Waals surface area contributed by atoms with E-state index in [0.717, 1.165) is 47.8 Å². The summed E-state index contributed by atoms with van der Waals surface area (Å²) >= 11 is 0. The van der Waals surface area contributed by atoms with Crippen LogP contribution in [0.3, 0.4) is 0 Å². The molecule has 9 heteroatoms. The van der Waals surface area contributed by atoms with Gasteiger partial charge < -0.3 is 15.4 Å². The van der Waals surface area contributed by atoms with Crippen molar-refractivity contribution in [2.24, 2.45) is 0 Å². The summed E-state index contributed by atoms with van der Waals surface area (Å²) in [4.78, 5) is 18.0. The van der Waals surface area contributed by atoms with Crippen LogP contribution in [0.1, 0.15) is 47.3 Å². The fourth-order valence-corrected chi connectivity index (χ4v) is 4.82. The molecule has 0 radical (unpaired) electrons. The first-order chi connectivity index (χ1) is 17.9. The minimum absolute atomic E-state index is 0.174. The molecule has 1 saturated carbocycles. The summed E-state index contributed by atoms with van der Waals surface area (Å²) in [6, 6.07) is 15.1. The van der Waals surface area contributed by atoms with Crippen LogP contribution in [0.15, 0.2) is 60.9 Å². The predicted molar refractivity (Wildman–Crippen MR) is 136 cm³/mol. The number of ether oxygens (including phenoxy) is 1. The van der Waals surface area contributed by atoms with Gasteiger partial charge in [-0.15, -0.1) is 0 Å². The first-order valence-electron chi connectivity index (χ1n) is 12.4. The van der Waals surface area contributed by atoms with Crippen LogP contribution in [0.5, 0.6) is 5.75 Å². The molecule has 2 aromatic heterocycles. The van der Waals surface area contributed by atoms with Gasteiger partial charge in [0, 0.05) is 34.9 Å². The standard InChI is InChI=1S/C28H27F2N5O2/c1-17-4-5-20(37-16-19-6-11-31-19)15-22(17)26(36)33-28(8-9-28)23-13-18(14-25-21(23)3-2-10-32-25)24-7-12-35(34-24)27(29)30/h2-5,7,10,12-15,19,27,31H,6,8-9,11,16H2,1H3,(H,33,36)/t19-/m0/s1. The summed E-state index contributed by atoms with van der Waals surface area (Å²) in [5, 5.41) is 11.5. The maximum absolute atomic E-state index is 13.5. The number of carbonyl (C=O) groups excluding carboxylic acids is 1. The third-order valence-corrected chi connectivity index (χ3v) is 7.27. The summed E-state index contributed by atoms with van der Waals surface area (Å²) in [6.45, 7) is 0.775. The number of hydrogen-bond acceptors (Lipinski definition) is 5. The third kappa shape index (κ3) is 4.55. The number of amides is 1. The van der Waals surface area contributed by atoms with E-state index in [1.165, 1.54) is 6.20 Å². The van der Waals surface area contributed by atoms with Crippen LogP contribution in [0.2, 0.25) is 0 Å². The molecule has 1 saturated heterocycles. The molecule has 2 aliphatic rings. The van der Waals surface area contributed by atoms with Crippen molar-refractivity contribution in [3.8, 4) is 17.0 Å². The molecule has 1 aliphatic heterocycles. The minimum atomic E-state index is -2.71. The van der Waals surface area contributed by atoms with Crippen molar-refractivity contribution in [1.82, 2.24) is 25.4 Å².